The van der Waals surface area contributed by atoms with Crippen LogP contribution in [0, 0.1) is 5.92 Å². The van der Waals surface area contributed by atoms with E-state index in [0.717, 1.165) is 5.92 Å². The van der Waals surface area contributed by atoms with Crippen LogP contribution in [0.1, 0.15) is 51.9 Å². The molecule has 0 spiro atoms. The van der Waals surface area contributed by atoms with E-state index in [1.165, 1.54) is 49.4 Å². The van der Waals surface area contributed by atoms with E-state index in [1.54, 1.807) is 0 Å². The van der Waals surface area contributed by atoms with Crippen molar-refractivity contribution in [2.24, 2.45) is 5.92 Å². The summed E-state index contributed by atoms with van der Waals surface area (Å²) in [4.78, 5) is 0. The van der Waals surface area contributed by atoms with Gasteiger partial charge in [0.2, 0.25) is 0 Å². The Morgan fingerprint density at radius 3 is 2.50 bits per heavy atom. The molecular weight excluding hydrogens is 287 g/mol. The van der Waals surface area contributed by atoms with Gasteiger partial charge in [-0.2, -0.15) is 0 Å². The van der Waals surface area contributed by atoms with Crippen molar-refractivity contribution in [2.45, 2.75) is 63.6 Å². The Morgan fingerprint density at radius 1 is 1.21 bits per heavy atom. The van der Waals surface area contributed by atoms with Crippen molar-refractivity contribution < 1.29 is 4.74 Å². The first kappa shape index (κ1) is 11.2. The Morgan fingerprint density at radius 2 is 1.93 bits per heavy atom. The Labute approximate surface area is 101 Å². The van der Waals surface area contributed by atoms with Gasteiger partial charge in [-0.1, -0.05) is 41.9 Å². The van der Waals surface area contributed by atoms with E-state index in [1.807, 2.05) is 0 Å². The molecular formula is C12H21IO. The fourth-order valence-electron chi connectivity index (χ4n) is 3.07. The normalized spacial score (nSPS) is 40.3. The van der Waals surface area contributed by atoms with Crippen LogP contribution in [0.4, 0.5) is 0 Å². The number of ether oxygens (including phenoxy) is 1. The van der Waals surface area contributed by atoms with Crippen LogP contribution < -0.4 is 0 Å². The van der Waals surface area contributed by atoms with Crippen LogP contribution in [0.5, 0.6) is 0 Å². The molecule has 1 saturated carbocycles. The Hall–Kier alpha value is 0.690. The van der Waals surface area contributed by atoms with Gasteiger partial charge < -0.3 is 4.74 Å². The van der Waals surface area contributed by atoms with Gasteiger partial charge in [-0.05, 0) is 38.5 Å². The Kier molecular flexibility index (Phi) is 3.74. The highest BCUT2D eigenvalue weighted by atomic mass is 127. The maximum Gasteiger partial charge on any atom is 0.0687 e. The number of hydrogen-bond donors (Lipinski definition) is 0. The van der Waals surface area contributed by atoms with Crippen molar-refractivity contribution in [2.75, 3.05) is 4.43 Å². The monoisotopic (exact) mass is 308 g/mol. The highest BCUT2D eigenvalue weighted by molar-refractivity contribution is 14.1. The highest BCUT2D eigenvalue weighted by Crippen LogP contribution is 2.43. The molecule has 0 aromatic carbocycles. The molecule has 0 N–H and O–H groups in total. The maximum absolute atomic E-state index is 6.23. The number of halogens is 1. The van der Waals surface area contributed by atoms with Gasteiger partial charge in [0, 0.05) is 4.43 Å². The lowest BCUT2D eigenvalue weighted by Gasteiger charge is -2.36. The number of hydrogen-bond acceptors (Lipinski definition) is 1. The molecule has 2 fully saturated rings. The molecule has 0 aromatic rings. The molecule has 0 radical (unpaired) electrons. The zero-order valence-electron chi connectivity index (χ0n) is 9.10. The SMILES string of the molecule is CC1(C2CCCCC2)CCC(CI)O1. The number of alkyl halides is 1. The van der Waals surface area contributed by atoms with Crippen LogP contribution in [0.15, 0.2) is 0 Å². The van der Waals surface area contributed by atoms with E-state index in [0.29, 0.717) is 6.10 Å². The third-order valence-electron chi connectivity index (χ3n) is 4.04. The topological polar surface area (TPSA) is 9.23 Å². The zero-order valence-corrected chi connectivity index (χ0v) is 11.3. The predicted octanol–water partition coefficient (Wildman–Crippen LogP) is 3.94. The Balaban J connectivity index is 1.94. The van der Waals surface area contributed by atoms with Crippen LogP contribution in [-0.4, -0.2) is 16.1 Å². The van der Waals surface area contributed by atoms with Crippen LogP contribution >= 0.6 is 22.6 Å². The van der Waals surface area contributed by atoms with Crippen LogP contribution in [0.2, 0.25) is 0 Å². The van der Waals surface area contributed by atoms with Crippen molar-refractivity contribution in [3.05, 3.63) is 0 Å². The minimum atomic E-state index is 0.232. The predicted molar refractivity (Wildman–Crippen MR) is 68.0 cm³/mol. The molecule has 1 heterocycles. The summed E-state index contributed by atoms with van der Waals surface area (Å²) in [5.41, 5.74) is 0.232. The Bertz CT molecular complexity index is 189. The van der Waals surface area contributed by atoms with Gasteiger partial charge in [-0.25, -0.2) is 0 Å². The van der Waals surface area contributed by atoms with Crippen molar-refractivity contribution in [3.8, 4) is 0 Å². The molecule has 82 valence electrons. The van der Waals surface area contributed by atoms with Crippen molar-refractivity contribution in [3.63, 3.8) is 0 Å². The van der Waals surface area contributed by atoms with Crippen molar-refractivity contribution >= 4 is 22.6 Å². The number of rotatable bonds is 2. The maximum atomic E-state index is 6.23. The first-order valence-corrected chi connectivity index (χ1v) is 7.51. The molecule has 2 aliphatic rings. The fourth-order valence-corrected chi connectivity index (χ4v) is 3.69. The average Bonchev–Trinajstić information content (AvgIpc) is 2.63. The summed E-state index contributed by atoms with van der Waals surface area (Å²) in [7, 11) is 0. The summed E-state index contributed by atoms with van der Waals surface area (Å²) in [6.07, 6.45) is 10.2. The smallest absolute Gasteiger partial charge is 0.0687 e. The van der Waals surface area contributed by atoms with E-state index < -0.39 is 0 Å². The average molecular weight is 308 g/mol. The van der Waals surface area contributed by atoms with E-state index >= 15 is 0 Å². The second kappa shape index (κ2) is 4.69. The third kappa shape index (κ3) is 2.26. The lowest BCUT2D eigenvalue weighted by atomic mass is 9.76. The molecule has 0 bridgehead atoms. The van der Waals surface area contributed by atoms with Crippen LogP contribution in [0.3, 0.4) is 0 Å². The summed E-state index contributed by atoms with van der Waals surface area (Å²) < 4.78 is 7.40. The van der Waals surface area contributed by atoms with Crippen molar-refractivity contribution in [1.29, 1.82) is 0 Å². The third-order valence-corrected chi connectivity index (χ3v) is 5.02. The summed E-state index contributed by atoms with van der Waals surface area (Å²) in [5, 5.41) is 0. The minimum absolute atomic E-state index is 0.232. The molecule has 1 aliphatic carbocycles. The van der Waals surface area contributed by atoms with Crippen LogP contribution in [0.25, 0.3) is 0 Å². The first-order valence-electron chi connectivity index (χ1n) is 5.98. The molecule has 1 nitrogen and oxygen atoms in total. The van der Waals surface area contributed by atoms with E-state index in [-0.39, 0.29) is 5.60 Å². The second-order valence-electron chi connectivity index (χ2n) is 5.08. The van der Waals surface area contributed by atoms with Gasteiger partial charge in [0.05, 0.1) is 11.7 Å². The molecule has 0 amide bonds. The molecule has 2 atom stereocenters. The quantitative estimate of drug-likeness (QED) is 0.554. The lowest BCUT2D eigenvalue weighted by Crippen LogP contribution is -2.36. The fraction of sp³-hybridized carbons (Fsp3) is 1.00. The van der Waals surface area contributed by atoms with Gasteiger partial charge in [0.1, 0.15) is 0 Å². The largest absolute Gasteiger partial charge is 0.371 e. The van der Waals surface area contributed by atoms with Gasteiger partial charge in [-0.3, -0.25) is 0 Å². The van der Waals surface area contributed by atoms with Crippen LogP contribution in [-0.2, 0) is 4.74 Å². The van der Waals surface area contributed by atoms with E-state index in [9.17, 15) is 0 Å². The van der Waals surface area contributed by atoms with Gasteiger partial charge in [0.15, 0.2) is 0 Å². The molecule has 14 heavy (non-hydrogen) atoms. The lowest BCUT2D eigenvalue weighted by molar-refractivity contribution is -0.0682. The van der Waals surface area contributed by atoms with E-state index in [4.69, 9.17) is 4.74 Å². The van der Waals surface area contributed by atoms with Gasteiger partial charge in [0.25, 0.3) is 0 Å². The molecule has 2 unspecified atom stereocenters. The van der Waals surface area contributed by atoms with Gasteiger partial charge in [-0.15, -0.1) is 0 Å². The summed E-state index contributed by atoms with van der Waals surface area (Å²) in [6, 6.07) is 0. The molecule has 0 aromatic heterocycles. The zero-order chi connectivity index (χ0) is 10.0. The first-order chi connectivity index (χ1) is 6.74. The standard InChI is InChI=1S/C12H21IO/c1-12(8-7-11(9-13)14-12)10-5-3-2-4-6-10/h10-11H,2-9H2,1H3. The molecule has 1 saturated heterocycles. The summed E-state index contributed by atoms with van der Waals surface area (Å²) >= 11 is 2.45. The summed E-state index contributed by atoms with van der Waals surface area (Å²) in [6.45, 7) is 2.36. The highest BCUT2D eigenvalue weighted by Gasteiger charge is 2.41. The molecule has 2 heteroatoms. The van der Waals surface area contributed by atoms with Gasteiger partial charge >= 0.3 is 0 Å². The second-order valence-corrected chi connectivity index (χ2v) is 5.96. The van der Waals surface area contributed by atoms with E-state index in [2.05, 4.69) is 29.5 Å². The van der Waals surface area contributed by atoms with Crippen molar-refractivity contribution in [1.82, 2.24) is 0 Å². The minimum Gasteiger partial charge on any atom is -0.371 e. The summed E-state index contributed by atoms with van der Waals surface area (Å²) in [5.74, 6) is 0.851. The molecule has 2 rings (SSSR count). The molecule has 1 aliphatic heterocycles.